The Balaban J connectivity index is 2.15. The molecule has 108 valence electrons. The lowest BCUT2D eigenvalue weighted by atomic mass is 9.90. The maximum absolute atomic E-state index is 9.85. The predicted octanol–water partition coefficient (Wildman–Crippen LogP) is 3.48. The summed E-state index contributed by atoms with van der Waals surface area (Å²) in [6.45, 7) is 5.10. The molecular formula is C17H18N2O2. The zero-order chi connectivity index (χ0) is 15.0. The molecule has 0 spiro atoms. The Morgan fingerprint density at radius 1 is 1.38 bits per heavy atom. The first-order valence-electron chi connectivity index (χ1n) is 7.01. The molecule has 1 aromatic carbocycles. The van der Waals surface area contributed by atoms with E-state index in [0.29, 0.717) is 23.8 Å². The molecule has 1 aromatic heterocycles. The molecule has 1 aliphatic heterocycles. The molecule has 2 aromatic rings. The number of nitrogens with one attached hydrogen (secondary N) is 1. The maximum atomic E-state index is 9.85. The van der Waals surface area contributed by atoms with E-state index in [2.05, 4.69) is 11.9 Å². The van der Waals surface area contributed by atoms with Gasteiger partial charge in [-0.05, 0) is 35.7 Å². The summed E-state index contributed by atoms with van der Waals surface area (Å²) in [6, 6.07) is 5.34. The summed E-state index contributed by atoms with van der Waals surface area (Å²) in [5.74, 6) is 0.468. The van der Waals surface area contributed by atoms with Crippen LogP contribution in [0.3, 0.4) is 0 Å². The summed E-state index contributed by atoms with van der Waals surface area (Å²) < 4.78 is 5.65. The van der Waals surface area contributed by atoms with Crippen molar-refractivity contribution in [2.45, 2.75) is 26.4 Å². The van der Waals surface area contributed by atoms with Gasteiger partial charge in [-0.3, -0.25) is 4.98 Å². The molecule has 2 N–H and O–H groups in total. The van der Waals surface area contributed by atoms with Gasteiger partial charge >= 0.3 is 0 Å². The van der Waals surface area contributed by atoms with Crippen LogP contribution in [0.2, 0.25) is 0 Å². The minimum absolute atomic E-state index is 0.133. The fourth-order valence-corrected chi connectivity index (χ4v) is 2.77. The van der Waals surface area contributed by atoms with E-state index in [-0.39, 0.29) is 5.75 Å². The number of phenols is 1. The Labute approximate surface area is 123 Å². The third-order valence-corrected chi connectivity index (χ3v) is 3.95. The van der Waals surface area contributed by atoms with Gasteiger partial charge in [-0.15, -0.1) is 0 Å². The molecular weight excluding hydrogens is 264 g/mol. The Morgan fingerprint density at radius 3 is 2.95 bits per heavy atom. The molecule has 0 fully saturated rings. The molecule has 0 amide bonds. The Hall–Kier alpha value is -2.20. The third kappa shape index (κ3) is 2.43. The molecule has 0 bridgehead atoms. The van der Waals surface area contributed by atoms with Crippen LogP contribution in [0.1, 0.15) is 36.5 Å². The SMILES string of the molecule is CC(=N)c1cc(-c2cncc3c2COCC3C)ccc1O. The zero-order valence-corrected chi connectivity index (χ0v) is 12.2. The quantitative estimate of drug-likeness (QED) is 0.829. The highest BCUT2D eigenvalue weighted by Crippen LogP contribution is 2.34. The van der Waals surface area contributed by atoms with Gasteiger partial charge < -0.3 is 15.3 Å². The zero-order valence-electron chi connectivity index (χ0n) is 12.2. The summed E-state index contributed by atoms with van der Waals surface area (Å²) in [4.78, 5) is 4.35. The predicted molar refractivity (Wildman–Crippen MR) is 81.9 cm³/mol. The van der Waals surface area contributed by atoms with Gasteiger partial charge in [0.2, 0.25) is 0 Å². The molecule has 1 atom stereocenters. The Morgan fingerprint density at radius 2 is 2.19 bits per heavy atom. The molecule has 0 aliphatic carbocycles. The third-order valence-electron chi connectivity index (χ3n) is 3.95. The van der Waals surface area contributed by atoms with E-state index >= 15 is 0 Å². The van der Waals surface area contributed by atoms with Crippen molar-refractivity contribution in [1.29, 1.82) is 5.41 Å². The second-order valence-corrected chi connectivity index (χ2v) is 5.53. The van der Waals surface area contributed by atoms with Crippen molar-refractivity contribution in [2.24, 2.45) is 0 Å². The van der Waals surface area contributed by atoms with Gasteiger partial charge in [-0.25, -0.2) is 0 Å². The topological polar surface area (TPSA) is 66.2 Å². The largest absolute Gasteiger partial charge is 0.507 e. The van der Waals surface area contributed by atoms with Crippen LogP contribution < -0.4 is 0 Å². The van der Waals surface area contributed by atoms with Crippen molar-refractivity contribution in [2.75, 3.05) is 6.61 Å². The number of fused-ring (bicyclic) bond motifs is 1. The molecule has 0 saturated heterocycles. The van der Waals surface area contributed by atoms with Crippen molar-refractivity contribution in [1.82, 2.24) is 4.98 Å². The van der Waals surface area contributed by atoms with E-state index in [1.54, 1.807) is 13.0 Å². The van der Waals surface area contributed by atoms with Crippen LogP contribution in [0.5, 0.6) is 5.75 Å². The van der Waals surface area contributed by atoms with Gasteiger partial charge in [0, 0.05) is 35.2 Å². The summed E-state index contributed by atoms with van der Waals surface area (Å²) in [6.07, 6.45) is 3.74. The number of phenolic OH excluding ortho intramolecular Hbond substituents is 1. The number of hydrogen-bond donors (Lipinski definition) is 2. The van der Waals surface area contributed by atoms with E-state index in [4.69, 9.17) is 10.1 Å². The number of rotatable bonds is 2. The molecule has 0 radical (unpaired) electrons. The van der Waals surface area contributed by atoms with Crippen LogP contribution in [-0.4, -0.2) is 22.4 Å². The molecule has 3 rings (SSSR count). The monoisotopic (exact) mass is 282 g/mol. The van der Waals surface area contributed by atoms with Crippen molar-refractivity contribution in [3.63, 3.8) is 0 Å². The molecule has 4 heteroatoms. The lowest BCUT2D eigenvalue weighted by Gasteiger charge is -2.24. The summed E-state index contributed by atoms with van der Waals surface area (Å²) >= 11 is 0. The summed E-state index contributed by atoms with van der Waals surface area (Å²) in [7, 11) is 0. The first-order valence-corrected chi connectivity index (χ1v) is 7.01. The number of aromatic nitrogens is 1. The average molecular weight is 282 g/mol. The van der Waals surface area contributed by atoms with Crippen LogP contribution in [0.4, 0.5) is 0 Å². The fourth-order valence-electron chi connectivity index (χ4n) is 2.77. The van der Waals surface area contributed by atoms with Crippen LogP contribution in [0.15, 0.2) is 30.6 Å². The Bertz CT molecular complexity index is 710. The minimum Gasteiger partial charge on any atom is -0.507 e. The molecule has 0 saturated carbocycles. The van der Waals surface area contributed by atoms with Crippen molar-refractivity contribution in [3.05, 3.63) is 47.3 Å². The van der Waals surface area contributed by atoms with Crippen LogP contribution in [0.25, 0.3) is 11.1 Å². The van der Waals surface area contributed by atoms with E-state index < -0.39 is 0 Å². The van der Waals surface area contributed by atoms with Crippen molar-refractivity contribution < 1.29 is 9.84 Å². The van der Waals surface area contributed by atoms with Crippen molar-refractivity contribution >= 4 is 5.71 Å². The highest BCUT2D eigenvalue weighted by molar-refractivity contribution is 5.99. The van der Waals surface area contributed by atoms with E-state index in [1.165, 1.54) is 5.56 Å². The van der Waals surface area contributed by atoms with Crippen LogP contribution >= 0.6 is 0 Å². The lowest BCUT2D eigenvalue weighted by Crippen LogP contribution is -2.15. The minimum atomic E-state index is 0.133. The lowest BCUT2D eigenvalue weighted by molar-refractivity contribution is 0.0953. The molecule has 1 unspecified atom stereocenters. The number of ether oxygens (including phenoxy) is 1. The van der Waals surface area contributed by atoms with Gasteiger partial charge in [-0.1, -0.05) is 13.0 Å². The van der Waals surface area contributed by atoms with E-state index in [9.17, 15) is 5.11 Å². The van der Waals surface area contributed by atoms with Crippen LogP contribution in [-0.2, 0) is 11.3 Å². The average Bonchev–Trinajstić information content (AvgIpc) is 2.47. The normalized spacial score (nSPS) is 17.3. The number of benzene rings is 1. The number of aromatic hydroxyl groups is 1. The van der Waals surface area contributed by atoms with E-state index in [1.807, 2.05) is 24.5 Å². The van der Waals surface area contributed by atoms with E-state index in [0.717, 1.165) is 23.3 Å². The summed E-state index contributed by atoms with van der Waals surface area (Å²) in [5.41, 5.74) is 5.24. The first-order chi connectivity index (χ1) is 10.1. The summed E-state index contributed by atoms with van der Waals surface area (Å²) in [5, 5.41) is 17.6. The van der Waals surface area contributed by atoms with Crippen molar-refractivity contribution in [3.8, 4) is 16.9 Å². The van der Waals surface area contributed by atoms with Crippen LogP contribution in [0, 0.1) is 5.41 Å². The first kappa shape index (κ1) is 13.8. The molecule has 2 heterocycles. The van der Waals surface area contributed by atoms with Gasteiger partial charge in [0.25, 0.3) is 0 Å². The second-order valence-electron chi connectivity index (χ2n) is 5.53. The second kappa shape index (κ2) is 5.30. The highest BCUT2D eigenvalue weighted by atomic mass is 16.5. The van der Waals surface area contributed by atoms with Gasteiger partial charge in [0.05, 0.1) is 13.2 Å². The number of pyridine rings is 1. The molecule has 1 aliphatic rings. The maximum Gasteiger partial charge on any atom is 0.124 e. The van der Waals surface area contributed by atoms with Gasteiger partial charge in [-0.2, -0.15) is 0 Å². The highest BCUT2D eigenvalue weighted by Gasteiger charge is 2.21. The molecule has 21 heavy (non-hydrogen) atoms. The molecule has 4 nitrogen and oxygen atoms in total. The number of hydrogen-bond acceptors (Lipinski definition) is 4. The van der Waals surface area contributed by atoms with Gasteiger partial charge in [0.15, 0.2) is 0 Å². The Kier molecular flexibility index (Phi) is 3.47. The number of nitrogens with zero attached hydrogens (tertiary/aromatic N) is 1. The standard InChI is InChI=1S/C17H18N2O2/c1-10-8-21-9-16-14(10)6-19-7-15(16)12-3-4-17(20)13(5-12)11(2)18/h3-7,10,18,20H,8-9H2,1-2H3. The fraction of sp³-hybridized carbons (Fsp3) is 0.294. The van der Waals surface area contributed by atoms with Gasteiger partial charge in [0.1, 0.15) is 5.75 Å². The smallest absolute Gasteiger partial charge is 0.124 e.